The lowest BCUT2D eigenvalue weighted by molar-refractivity contribution is 1.31. The van der Waals surface area contributed by atoms with Gasteiger partial charge in [-0.2, -0.15) is 0 Å². The lowest BCUT2D eigenvalue weighted by Crippen LogP contribution is -1.77. The maximum Gasteiger partial charge on any atom is 0.110 e. The summed E-state index contributed by atoms with van der Waals surface area (Å²) in [7, 11) is 0. The maximum atomic E-state index is 4.15. The van der Waals surface area contributed by atoms with Crippen LogP contribution in [0.2, 0.25) is 0 Å². The first-order chi connectivity index (χ1) is 4.88. The lowest BCUT2D eigenvalue weighted by atomic mass is 10.3. The molecule has 0 amide bonds. The zero-order valence-corrected chi connectivity index (χ0v) is 7.29. The summed E-state index contributed by atoms with van der Waals surface area (Å²) < 4.78 is 1.05. The van der Waals surface area contributed by atoms with E-state index in [9.17, 15) is 0 Å². The highest BCUT2D eigenvalue weighted by Crippen LogP contribution is 2.15. The molecule has 1 N–H and O–H groups in total. The van der Waals surface area contributed by atoms with Gasteiger partial charge in [0.25, 0.3) is 0 Å². The molecule has 0 aliphatic rings. The van der Waals surface area contributed by atoms with Crippen molar-refractivity contribution in [2.75, 3.05) is 0 Å². The molecule has 0 saturated heterocycles. The largest absolute Gasteiger partial charge is 0.361 e. The van der Waals surface area contributed by atoms with Gasteiger partial charge in [0.05, 0.1) is 0 Å². The predicted octanol–water partition coefficient (Wildman–Crippen LogP) is 2.17. The number of rotatable bonds is 0. The van der Waals surface area contributed by atoms with Crippen molar-refractivity contribution in [3.8, 4) is 0 Å². The van der Waals surface area contributed by atoms with Crippen LogP contribution in [0.3, 0.4) is 0 Å². The molecule has 2 nitrogen and oxygen atoms in total. The average Bonchev–Trinajstić information content (AvgIpc) is 2.36. The van der Waals surface area contributed by atoms with Gasteiger partial charge in [0, 0.05) is 23.3 Å². The van der Waals surface area contributed by atoms with Gasteiger partial charge in [-0.15, -0.1) is 0 Å². The fourth-order valence-electron chi connectivity index (χ4n) is 0.947. The number of hydrogen-bond donors (Lipinski definition) is 1. The topological polar surface area (TPSA) is 28.7 Å². The van der Waals surface area contributed by atoms with Crippen LogP contribution < -0.4 is 0 Å². The van der Waals surface area contributed by atoms with Crippen LogP contribution in [0, 0.1) is 3.70 Å². The SMILES string of the molecule is Ic1nccc2[nH]ccc12. The minimum Gasteiger partial charge on any atom is -0.361 e. The third-order valence-electron chi connectivity index (χ3n) is 1.43. The Hall–Kier alpha value is -0.580. The molecule has 2 aromatic heterocycles. The number of aromatic amines is 1. The van der Waals surface area contributed by atoms with Gasteiger partial charge >= 0.3 is 0 Å². The standard InChI is InChI=1S/C7H5IN2/c8-7-5-1-3-9-6(5)2-4-10-7/h1-4,9H. The molecule has 2 aromatic rings. The summed E-state index contributed by atoms with van der Waals surface area (Å²) in [5.41, 5.74) is 1.15. The third-order valence-corrected chi connectivity index (χ3v) is 2.29. The summed E-state index contributed by atoms with van der Waals surface area (Å²) in [4.78, 5) is 7.26. The first-order valence-corrected chi connectivity index (χ1v) is 4.03. The molecule has 0 radical (unpaired) electrons. The highest BCUT2D eigenvalue weighted by atomic mass is 127. The molecule has 0 spiro atoms. The zero-order valence-electron chi connectivity index (χ0n) is 5.13. The van der Waals surface area contributed by atoms with Gasteiger partial charge < -0.3 is 4.98 Å². The second kappa shape index (κ2) is 2.23. The number of nitrogens with zero attached hydrogens (tertiary/aromatic N) is 1. The number of aromatic nitrogens is 2. The molecular weight excluding hydrogens is 239 g/mol. The number of fused-ring (bicyclic) bond motifs is 1. The van der Waals surface area contributed by atoms with E-state index in [0.29, 0.717) is 0 Å². The Kier molecular flexibility index (Phi) is 1.37. The Labute approximate surface area is 71.8 Å². The Morgan fingerprint density at radius 3 is 3.10 bits per heavy atom. The smallest absolute Gasteiger partial charge is 0.110 e. The van der Waals surface area contributed by atoms with Crippen LogP contribution >= 0.6 is 22.6 Å². The van der Waals surface area contributed by atoms with Gasteiger partial charge in [-0.05, 0) is 34.7 Å². The summed E-state index contributed by atoms with van der Waals surface area (Å²) in [6.45, 7) is 0. The molecule has 0 bridgehead atoms. The van der Waals surface area contributed by atoms with E-state index >= 15 is 0 Å². The Morgan fingerprint density at radius 2 is 2.30 bits per heavy atom. The summed E-state index contributed by atoms with van der Waals surface area (Å²) in [5, 5.41) is 1.20. The van der Waals surface area contributed by atoms with Gasteiger partial charge in [0.15, 0.2) is 0 Å². The Morgan fingerprint density at radius 1 is 1.40 bits per heavy atom. The summed E-state index contributed by atoms with van der Waals surface area (Å²) in [6, 6.07) is 4.00. The fraction of sp³-hybridized carbons (Fsp3) is 0. The van der Waals surface area contributed by atoms with E-state index in [1.165, 1.54) is 5.39 Å². The van der Waals surface area contributed by atoms with E-state index < -0.39 is 0 Å². The van der Waals surface area contributed by atoms with Crippen LogP contribution in [0.4, 0.5) is 0 Å². The molecule has 0 aliphatic heterocycles. The number of H-pyrrole nitrogens is 1. The minimum absolute atomic E-state index is 1.05. The molecule has 0 fully saturated rings. The molecule has 0 saturated carbocycles. The van der Waals surface area contributed by atoms with Crippen molar-refractivity contribution < 1.29 is 0 Å². The first-order valence-electron chi connectivity index (χ1n) is 2.95. The van der Waals surface area contributed by atoms with E-state index in [4.69, 9.17) is 0 Å². The van der Waals surface area contributed by atoms with Gasteiger partial charge in [0.1, 0.15) is 3.70 Å². The molecule has 2 heterocycles. The van der Waals surface area contributed by atoms with E-state index in [2.05, 4.69) is 32.6 Å². The van der Waals surface area contributed by atoms with Crippen molar-refractivity contribution in [3.05, 3.63) is 28.2 Å². The van der Waals surface area contributed by atoms with Crippen LogP contribution in [0.1, 0.15) is 0 Å². The average molecular weight is 244 g/mol. The number of pyridine rings is 1. The van der Waals surface area contributed by atoms with Crippen molar-refractivity contribution in [3.63, 3.8) is 0 Å². The van der Waals surface area contributed by atoms with Crippen LogP contribution in [0.25, 0.3) is 10.9 Å². The molecule has 3 heteroatoms. The van der Waals surface area contributed by atoms with E-state index in [1.807, 2.05) is 18.3 Å². The third kappa shape index (κ3) is 0.811. The maximum absolute atomic E-state index is 4.15. The quantitative estimate of drug-likeness (QED) is 0.558. The second-order valence-corrected chi connectivity index (χ2v) is 3.06. The molecule has 0 atom stereocenters. The lowest BCUT2D eigenvalue weighted by Gasteiger charge is -1.89. The van der Waals surface area contributed by atoms with E-state index in [0.717, 1.165) is 9.22 Å². The normalized spacial score (nSPS) is 10.5. The number of hydrogen-bond acceptors (Lipinski definition) is 1. The van der Waals surface area contributed by atoms with Crippen LogP contribution in [-0.2, 0) is 0 Å². The predicted molar refractivity (Wildman–Crippen MR) is 48.8 cm³/mol. The van der Waals surface area contributed by atoms with E-state index in [1.54, 1.807) is 6.20 Å². The van der Waals surface area contributed by atoms with Crippen molar-refractivity contribution in [1.29, 1.82) is 0 Å². The van der Waals surface area contributed by atoms with Gasteiger partial charge in [0.2, 0.25) is 0 Å². The van der Waals surface area contributed by atoms with Crippen molar-refractivity contribution in [1.82, 2.24) is 9.97 Å². The van der Waals surface area contributed by atoms with Crippen LogP contribution in [0.15, 0.2) is 24.5 Å². The highest BCUT2D eigenvalue weighted by Gasteiger charge is 1.96. The molecule has 0 aliphatic carbocycles. The number of halogens is 1. The van der Waals surface area contributed by atoms with Crippen LogP contribution in [-0.4, -0.2) is 9.97 Å². The summed E-state index contributed by atoms with van der Waals surface area (Å²) in [6.07, 6.45) is 3.73. The molecule has 0 aromatic carbocycles. The first kappa shape index (κ1) is 6.15. The molecule has 10 heavy (non-hydrogen) atoms. The second-order valence-electron chi connectivity index (χ2n) is 2.04. The Balaban J connectivity index is 2.95. The molecule has 50 valence electrons. The van der Waals surface area contributed by atoms with Crippen molar-refractivity contribution >= 4 is 33.5 Å². The van der Waals surface area contributed by atoms with Gasteiger partial charge in [-0.3, -0.25) is 0 Å². The summed E-state index contributed by atoms with van der Waals surface area (Å²) in [5.74, 6) is 0. The van der Waals surface area contributed by atoms with E-state index in [-0.39, 0.29) is 0 Å². The molecule has 0 unspecified atom stereocenters. The number of nitrogens with one attached hydrogen (secondary N) is 1. The zero-order chi connectivity index (χ0) is 6.97. The summed E-state index contributed by atoms with van der Waals surface area (Å²) >= 11 is 2.22. The van der Waals surface area contributed by atoms with Crippen molar-refractivity contribution in [2.45, 2.75) is 0 Å². The fourth-order valence-corrected chi connectivity index (χ4v) is 1.58. The highest BCUT2D eigenvalue weighted by molar-refractivity contribution is 14.1. The monoisotopic (exact) mass is 244 g/mol. The molecular formula is C7H5IN2. The van der Waals surface area contributed by atoms with Crippen LogP contribution in [0.5, 0.6) is 0 Å². The van der Waals surface area contributed by atoms with Gasteiger partial charge in [-0.25, -0.2) is 4.98 Å². The van der Waals surface area contributed by atoms with Gasteiger partial charge in [-0.1, -0.05) is 0 Å². The molecule has 2 rings (SSSR count). The van der Waals surface area contributed by atoms with Crippen molar-refractivity contribution in [2.24, 2.45) is 0 Å². The Bertz CT molecular complexity index is 353. The minimum atomic E-state index is 1.05.